The van der Waals surface area contributed by atoms with E-state index < -0.39 is 0 Å². The Morgan fingerprint density at radius 1 is 1.53 bits per heavy atom. The van der Waals surface area contributed by atoms with E-state index in [0.717, 1.165) is 23.3 Å². The molecular weight excluding hydrogens is 277 g/mol. The summed E-state index contributed by atoms with van der Waals surface area (Å²) >= 11 is 9.24. The van der Waals surface area contributed by atoms with E-state index in [1.165, 1.54) is 0 Å². The largest absolute Gasteiger partial charge is 0.353 e. The van der Waals surface area contributed by atoms with E-state index in [4.69, 9.17) is 11.6 Å². The Labute approximate surface area is 104 Å². The highest BCUT2D eigenvalue weighted by Crippen LogP contribution is 2.26. The highest BCUT2D eigenvalue weighted by atomic mass is 79.9. The van der Waals surface area contributed by atoms with Gasteiger partial charge >= 0.3 is 0 Å². The maximum atomic E-state index is 5.80. The monoisotopic (exact) mass is 291 g/mol. The van der Waals surface area contributed by atoms with Gasteiger partial charge in [-0.05, 0) is 47.8 Å². The molecular formula is C10H15BrClN3. The molecule has 0 fully saturated rings. The zero-order valence-electron chi connectivity index (χ0n) is 9.17. The third-order valence-electron chi connectivity index (χ3n) is 2.43. The van der Waals surface area contributed by atoms with E-state index in [-0.39, 0.29) is 5.28 Å². The van der Waals surface area contributed by atoms with Gasteiger partial charge in [-0.2, -0.15) is 4.98 Å². The van der Waals surface area contributed by atoms with Crippen LogP contribution >= 0.6 is 27.5 Å². The Bertz CT molecular complexity index is 332. The van der Waals surface area contributed by atoms with E-state index in [1.807, 2.05) is 0 Å². The molecule has 0 aliphatic heterocycles. The van der Waals surface area contributed by atoms with Crippen molar-refractivity contribution in [1.82, 2.24) is 9.97 Å². The van der Waals surface area contributed by atoms with Gasteiger partial charge in [0.25, 0.3) is 0 Å². The van der Waals surface area contributed by atoms with Gasteiger partial charge in [0.1, 0.15) is 5.82 Å². The lowest BCUT2D eigenvalue weighted by Crippen LogP contribution is -2.33. The predicted molar refractivity (Wildman–Crippen MR) is 67.5 cm³/mol. The van der Waals surface area contributed by atoms with Crippen molar-refractivity contribution in [2.75, 3.05) is 11.4 Å². The molecule has 0 aliphatic rings. The molecule has 0 radical (unpaired) electrons. The summed E-state index contributed by atoms with van der Waals surface area (Å²) < 4.78 is 0.883. The normalized spacial score (nSPS) is 12.6. The van der Waals surface area contributed by atoms with Gasteiger partial charge in [-0.15, -0.1) is 0 Å². The number of anilines is 1. The van der Waals surface area contributed by atoms with Gasteiger partial charge in [0.05, 0.1) is 4.47 Å². The minimum absolute atomic E-state index is 0.287. The standard InChI is InChI=1S/C10H15BrClN3/c1-4-7(3)15(5-2)9-8(11)6-13-10(12)14-9/h6-7H,4-5H2,1-3H3. The van der Waals surface area contributed by atoms with E-state index in [0.29, 0.717) is 6.04 Å². The Morgan fingerprint density at radius 3 is 2.73 bits per heavy atom. The molecule has 1 aromatic rings. The molecule has 5 heteroatoms. The molecule has 15 heavy (non-hydrogen) atoms. The summed E-state index contributed by atoms with van der Waals surface area (Å²) in [4.78, 5) is 10.4. The molecule has 0 N–H and O–H groups in total. The summed E-state index contributed by atoms with van der Waals surface area (Å²) in [7, 11) is 0. The fourth-order valence-corrected chi connectivity index (χ4v) is 1.98. The van der Waals surface area contributed by atoms with Gasteiger partial charge in [-0.1, -0.05) is 6.92 Å². The summed E-state index contributed by atoms with van der Waals surface area (Å²) in [6, 6.07) is 0.442. The molecule has 0 saturated carbocycles. The average molecular weight is 293 g/mol. The molecule has 1 atom stereocenters. The second kappa shape index (κ2) is 5.66. The summed E-state index contributed by atoms with van der Waals surface area (Å²) in [6.07, 6.45) is 2.76. The molecule has 84 valence electrons. The number of halogens is 2. The minimum atomic E-state index is 0.287. The minimum Gasteiger partial charge on any atom is -0.353 e. The molecule has 3 nitrogen and oxygen atoms in total. The number of hydrogen-bond acceptors (Lipinski definition) is 3. The highest BCUT2D eigenvalue weighted by Gasteiger charge is 2.16. The first-order valence-electron chi connectivity index (χ1n) is 5.04. The summed E-state index contributed by atoms with van der Waals surface area (Å²) in [5.41, 5.74) is 0. The van der Waals surface area contributed by atoms with Crippen LogP contribution in [0.1, 0.15) is 27.2 Å². The number of aromatic nitrogens is 2. The lowest BCUT2D eigenvalue weighted by atomic mass is 10.2. The molecule has 1 rings (SSSR count). The van der Waals surface area contributed by atoms with Crippen molar-refractivity contribution in [3.8, 4) is 0 Å². The van der Waals surface area contributed by atoms with Crippen LogP contribution in [0.4, 0.5) is 5.82 Å². The molecule has 1 heterocycles. The van der Waals surface area contributed by atoms with Crippen LogP contribution in [0, 0.1) is 0 Å². The highest BCUT2D eigenvalue weighted by molar-refractivity contribution is 9.10. The van der Waals surface area contributed by atoms with Crippen molar-refractivity contribution < 1.29 is 0 Å². The van der Waals surface area contributed by atoms with Crippen molar-refractivity contribution in [2.45, 2.75) is 33.2 Å². The van der Waals surface area contributed by atoms with Gasteiger partial charge in [-0.3, -0.25) is 0 Å². The SMILES string of the molecule is CCC(C)N(CC)c1nc(Cl)ncc1Br. The second-order valence-corrected chi connectivity index (χ2v) is 4.55. The quantitative estimate of drug-likeness (QED) is 0.795. The zero-order chi connectivity index (χ0) is 11.4. The predicted octanol–water partition coefficient (Wildman–Crippen LogP) is 3.52. The van der Waals surface area contributed by atoms with Crippen molar-refractivity contribution in [1.29, 1.82) is 0 Å². The van der Waals surface area contributed by atoms with E-state index in [9.17, 15) is 0 Å². The van der Waals surface area contributed by atoms with Crippen molar-refractivity contribution >= 4 is 33.3 Å². The van der Waals surface area contributed by atoms with Crippen molar-refractivity contribution in [3.63, 3.8) is 0 Å². The van der Waals surface area contributed by atoms with Crippen molar-refractivity contribution in [3.05, 3.63) is 16.0 Å². The molecule has 0 spiro atoms. The molecule has 1 unspecified atom stereocenters. The van der Waals surface area contributed by atoms with Crippen molar-refractivity contribution in [2.24, 2.45) is 0 Å². The fraction of sp³-hybridized carbons (Fsp3) is 0.600. The second-order valence-electron chi connectivity index (χ2n) is 3.35. The van der Waals surface area contributed by atoms with Gasteiger partial charge in [0.15, 0.2) is 0 Å². The Balaban J connectivity index is 3.05. The molecule has 0 saturated heterocycles. The average Bonchev–Trinajstić information content (AvgIpc) is 2.23. The number of nitrogens with zero attached hydrogens (tertiary/aromatic N) is 3. The van der Waals surface area contributed by atoms with Crippen LogP contribution in [0.25, 0.3) is 0 Å². The molecule has 0 bridgehead atoms. The Kier molecular flexibility index (Phi) is 4.80. The van der Waals surface area contributed by atoms with Crippen LogP contribution in [-0.4, -0.2) is 22.6 Å². The summed E-state index contributed by atoms with van der Waals surface area (Å²) in [5.74, 6) is 0.867. The van der Waals surface area contributed by atoms with Gasteiger partial charge < -0.3 is 4.90 Å². The van der Waals surface area contributed by atoms with Gasteiger partial charge in [0.2, 0.25) is 5.28 Å². The first kappa shape index (κ1) is 12.7. The van der Waals surface area contributed by atoms with E-state index in [1.54, 1.807) is 6.20 Å². The van der Waals surface area contributed by atoms with Crippen LogP contribution in [-0.2, 0) is 0 Å². The van der Waals surface area contributed by atoms with Crippen LogP contribution in [0.3, 0.4) is 0 Å². The first-order chi connectivity index (χ1) is 7.10. The van der Waals surface area contributed by atoms with Crippen LogP contribution in [0.2, 0.25) is 5.28 Å². The smallest absolute Gasteiger partial charge is 0.224 e. The van der Waals surface area contributed by atoms with Crippen LogP contribution in [0.15, 0.2) is 10.7 Å². The summed E-state index contributed by atoms with van der Waals surface area (Å²) in [6.45, 7) is 7.34. The topological polar surface area (TPSA) is 29.0 Å². The summed E-state index contributed by atoms with van der Waals surface area (Å²) in [5, 5.41) is 0.287. The first-order valence-corrected chi connectivity index (χ1v) is 6.21. The lowest BCUT2D eigenvalue weighted by molar-refractivity contribution is 0.621. The molecule has 0 aliphatic carbocycles. The lowest BCUT2D eigenvalue weighted by Gasteiger charge is -2.28. The van der Waals surface area contributed by atoms with Gasteiger partial charge in [-0.25, -0.2) is 4.98 Å². The fourth-order valence-electron chi connectivity index (χ4n) is 1.43. The van der Waals surface area contributed by atoms with Gasteiger partial charge in [0, 0.05) is 18.8 Å². The zero-order valence-corrected chi connectivity index (χ0v) is 11.5. The maximum Gasteiger partial charge on any atom is 0.224 e. The maximum absolute atomic E-state index is 5.80. The molecule has 0 aromatic carbocycles. The Morgan fingerprint density at radius 2 is 2.20 bits per heavy atom. The molecule has 1 aromatic heterocycles. The third kappa shape index (κ3) is 3.05. The third-order valence-corrected chi connectivity index (χ3v) is 3.17. The Hall–Kier alpha value is -0.350. The van der Waals surface area contributed by atoms with E-state index >= 15 is 0 Å². The molecule has 0 amide bonds. The number of rotatable bonds is 4. The van der Waals surface area contributed by atoms with Crippen LogP contribution < -0.4 is 4.90 Å². The van der Waals surface area contributed by atoms with E-state index in [2.05, 4.69) is 51.6 Å². The number of hydrogen-bond donors (Lipinski definition) is 0. The van der Waals surface area contributed by atoms with Crippen LogP contribution in [0.5, 0.6) is 0 Å².